The van der Waals surface area contributed by atoms with Gasteiger partial charge in [-0.25, -0.2) is 4.98 Å². The van der Waals surface area contributed by atoms with Gasteiger partial charge in [-0.2, -0.15) is 0 Å². The predicted molar refractivity (Wildman–Crippen MR) is 138 cm³/mol. The van der Waals surface area contributed by atoms with Crippen LogP contribution in [0.15, 0.2) is 77.2 Å². The highest BCUT2D eigenvalue weighted by atomic mass is 16.5. The molecular formula is C29H29N3O4. The van der Waals surface area contributed by atoms with Crippen LogP contribution >= 0.6 is 0 Å². The topological polar surface area (TPSA) is 84.7 Å². The SMILES string of the molecule is COc1ccccc1CNC(=O)CC1CCN(C(=O)c2ccc3oc(-c4ccccc4)nc3c2)CC1. The third kappa shape index (κ3) is 5.25. The Balaban J connectivity index is 1.14. The van der Waals surface area contributed by atoms with E-state index in [1.807, 2.05) is 59.5 Å². The summed E-state index contributed by atoms with van der Waals surface area (Å²) < 4.78 is 11.2. The lowest BCUT2D eigenvalue weighted by Crippen LogP contribution is -2.39. The Hall–Kier alpha value is -4.13. The van der Waals surface area contributed by atoms with Gasteiger partial charge in [0, 0.05) is 42.7 Å². The lowest BCUT2D eigenvalue weighted by Gasteiger charge is -2.31. The number of amides is 2. The number of carbonyl (C=O) groups excluding carboxylic acids is 2. The van der Waals surface area contributed by atoms with Crippen molar-refractivity contribution in [1.29, 1.82) is 0 Å². The summed E-state index contributed by atoms with van der Waals surface area (Å²) in [6.07, 6.45) is 2.07. The zero-order chi connectivity index (χ0) is 24.9. The average molecular weight is 484 g/mol. The molecule has 2 heterocycles. The minimum atomic E-state index is -0.0137. The third-order valence-electron chi connectivity index (χ3n) is 6.70. The van der Waals surface area contributed by atoms with Crippen LogP contribution in [0.3, 0.4) is 0 Å². The van der Waals surface area contributed by atoms with E-state index in [1.165, 1.54) is 0 Å². The van der Waals surface area contributed by atoms with Crippen LogP contribution in [-0.2, 0) is 11.3 Å². The first-order valence-corrected chi connectivity index (χ1v) is 12.2. The van der Waals surface area contributed by atoms with Gasteiger partial charge in [0.1, 0.15) is 11.3 Å². The maximum Gasteiger partial charge on any atom is 0.253 e. The molecule has 3 aromatic carbocycles. The fourth-order valence-electron chi connectivity index (χ4n) is 4.66. The molecule has 1 saturated heterocycles. The van der Waals surface area contributed by atoms with Gasteiger partial charge in [0.25, 0.3) is 5.91 Å². The quantitative estimate of drug-likeness (QED) is 0.397. The summed E-state index contributed by atoms with van der Waals surface area (Å²) in [5, 5.41) is 3.00. The number of hydrogen-bond acceptors (Lipinski definition) is 5. The minimum Gasteiger partial charge on any atom is -0.496 e. The van der Waals surface area contributed by atoms with Crippen molar-refractivity contribution in [2.45, 2.75) is 25.8 Å². The Bertz CT molecular complexity index is 1360. The number of carbonyl (C=O) groups is 2. The number of fused-ring (bicyclic) bond motifs is 1. The van der Waals surface area contributed by atoms with Crippen molar-refractivity contribution < 1.29 is 18.7 Å². The molecule has 0 aliphatic carbocycles. The van der Waals surface area contributed by atoms with Crippen molar-refractivity contribution in [2.24, 2.45) is 5.92 Å². The Morgan fingerprint density at radius 1 is 1.03 bits per heavy atom. The number of oxazole rings is 1. The van der Waals surface area contributed by atoms with Crippen LogP contribution in [-0.4, -0.2) is 41.9 Å². The fraction of sp³-hybridized carbons (Fsp3) is 0.276. The zero-order valence-electron chi connectivity index (χ0n) is 20.3. The number of rotatable bonds is 7. The van der Waals surface area contributed by atoms with Crippen molar-refractivity contribution in [3.8, 4) is 17.2 Å². The molecule has 1 aliphatic heterocycles. The molecule has 0 bridgehead atoms. The fourth-order valence-corrected chi connectivity index (χ4v) is 4.66. The van der Waals surface area contributed by atoms with E-state index >= 15 is 0 Å². The highest BCUT2D eigenvalue weighted by molar-refractivity contribution is 5.97. The molecule has 1 fully saturated rings. The summed E-state index contributed by atoms with van der Waals surface area (Å²) >= 11 is 0. The molecule has 1 N–H and O–H groups in total. The van der Waals surface area contributed by atoms with Crippen LogP contribution < -0.4 is 10.1 Å². The molecule has 2 amide bonds. The van der Waals surface area contributed by atoms with Crippen molar-refractivity contribution in [3.05, 3.63) is 83.9 Å². The second-order valence-electron chi connectivity index (χ2n) is 9.10. The van der Waals surface area contributed by atoms with E-state index in [9.17, 15) is 9.59 Å². The summed E-state index contributed by atoms with van der Waals surface area (Å²) in [6, 6.07) is 22.8. The number of para-hydroxylation sites is 1. The van der Waals surface area contributed by atoms with Crippen LogP contribution in [0, 0.1) is 5.92 Å². The van der Waals surface area contributed by atoms with E-state index in [0.717, 1.165) is 29.7 Å². The predicted octanol–water partition coefficient (Wildman–Crippen LogP) is 5.06. The molecule has 0 radical (unpaired) electrons. The van der Waals surface area contributed by atoms with Gasteiger partial charge < -0.3 is 19.4 Å². The van der Waals surface area contributed by atoms with Gasteiger partial charge >= 0.3 is 0 Å². The number of ether oxygens (including phenoxy) is 1. The Labute approximate surface area is 210 Å². The van der Waals surface area contributed by atoms with Gasteiger partial charge in [-0.1, -0.05) is 36.4 Å². The molecule has 5 rings (SSSR count). The molecule has 0 atom stereocenters. The van der Waals surface area contributed by atoms with Crippen molar-refractivity contribution in [2.75, 3.05) is 20.2 Å². The molecule has 0 saturated carbocycles. The highest BCUT2D eigenvalue weighted by Crippen LogP contribution is 2.27. The number of benzene rings is 3. The number of methoxy groups -OCH3 is 1. The lowest BCUT2D eigenvalue weighted by atomic mass is 9.92. The van der Waals surface area contributed by atoms with Gasteiger partial charge in [-0.3, -0.25) is 9.59 Å². The maximum absolute atomic E-state index is 13.1. The van der Waals surface area contributed by atoms with Gasteiger partial charge in [-0.15, -0.1) is 0 Å². The molecule has 0 unspecified atom stereocenters. The number of nitrogens with zero attached hydrogens (tertiary/aromatic N) is 2. The molecule has 4 aromatic rings. The van der Waals surface area contributed by atoms with Gasteiger partial charge in [-0.05, 0) is 55.2 Å². The number of piperidine rings is 1. The Kier molecular flexibility index (Phi) is 6.98. The zero-order valence-corrected chi connectivity index (χ0v) is 20.3. The summed E-state index contributed by atoms with van der Waals surface area (Å²) in [5.41, 5.74) is 3.78. The molecule has 1 aliphatic rings. The number of hydrogen-bond donors (Lipinski definition) is 1. The smallest absolute Gasteiger partial charge is 0.253 e. The van der Waals surface area contributed by atoms with Crippen LogP contribution in [0.1, 0.15) is 35.2 Å². The molecule has 184 valence electrons. The van der Waals surface area contributed by atoms with E-state index in [1.54, 1.807) is 25.3 Å². The molecule has 36 heavy (non-hydrogen) atoms. The largest absolute Gasteiger partial charge is 0.496 e. The molecular weight excluding hydrogens is 454 g/mol. The first kappa shape index (κ1) is 23.6. The van der Waals surface area contributed by atoms with Gasteiger partial charge in [0.05, 0.1) is 7.11 Å². The normalized spacial score (nSPS) is 14.1. The van der Waals surface area contributed by atoms with Gasteiger partial charge in [0.15, 0.2) is 5.58 Å². The Morgan fingerprint density at radius 2 is 1.78 bits per heavy atom. The number of nitrogens with one attached hydrogen (secondary N) is 1. The molecule has 7 heteroatoms. The monoisotopic (exact) mass is 483 g/mol. The first-order chi connectivity index (χ1) is 17.6. The summed E-state index contributed by atoms with van der Waals surface area (Å²) in [7, 11) is 1.63. The second kappa shape index (κ2) is 10.6. The summed E-state index contributed by atoms with van der Waals surface area (Å²) in [6.45, 7) is 1.71. The molecule has 0 spiro atoms. The second-order valence-corrected chi connectivity index (χ2v) is 9.10. The van der Waals surface area contributed by atoms with Crippen LogP contribution in [0.2, 0.25) is 0 Å². The van der Waals surface area contributed by atoms with Gasteiger partial charge in [0.2, 0.25) is 11.8 Å². The van der Waals surface area contributed by atoms with E-state index < -0.39 is 0 Å². The minimum absolute atomic E-state index is 0.0137. The van der Waals surface area contributed by atoms with E-state index in [0.29, 0.717) is 48.6 Å². The van der Waals surface area contributed by atoms with Crippen LogP contribution in [0.25, 0.3) is 22.6 Å². The van der Waals surface area contributed by atoms with E-state index in [2.05, 4.69) is 10.3 Å². The number of likely N-dealkylation sites (tertiary alicyclic amines) is 1. The lowest BCUT2D eigenvalue weighted by molar-refractivity contribution is -0.122. The highest BCUT2D eigenvalue weighted by Gasteiger charge is 2.25. The summed E-state index contributed by atoms with van der Waals surface area (Å²) in [4.78, 5) is 32.1. The van der Waals surface area contributed by atoms with Crippen molar-refractivity contribution in [3.63, 3.8) is 0 Å². The third-order valence-corrected chi connectivity index (χ3v) is 6.70. The Morgan fingerprint density at radius 3 is 2.56 bits per heavy atom. The van der Waals surface area contributed by atoms with Crippen molar-refractivity contribution in [1.82, 2.24) is 15.2 Å². The van der Waals surface area contributed by atoms with Crippen LogP contribution in [0.5, 0.6) is 5.75 Å². The average Bonchev–Trinajstić information content (AvgIpc) is 3.36. The first-order valence-electron chi connectivity index (χ1n) is 12.2. The van der Waals surface area contributed by atoms with E-state index in [4.69, 9.17) is 9.15 Å². The van der Waals surface area contributed by atoms with Crippen molar-refractivity contribution >= 4 is 22.9 Å². The molecule has 1 aromatic heterocycles. The standard InChI is InChI=1S/C29H29N3O4/c1-35-25-10-6-5-9-23(25)19-30-27(33)17-20-13-15-32(16-14-20)29(34)22-11-12-26-24(18-22)31-28(36-26)21-7-3-2-4-8-21/h2-12,18,20H,13-17,19H2,1H3,(H,30,33). The molecule has 7 nitrogen and oxygen atoms in total. The maximum atomic E-state index is 13.1. The summed E-state index contributed by atoms with van der Waals surface area (Å²) in [5.74, 6) is 1.58. The van der Waals surface area contributed by atoms with E-state index in [-0.39, 0.29) is 17.7 Å². The van der Waals surface area contributed by atoms with Crippen LogP contribution in [0.4, 0.5) is 0 Å². The number of aromatic nitrogens is 1.